The van der Waals surface area contributed by atoms with Crippen molar-refractivity contribution in [2.75, 3.05) is 13.7 Å². The lowest BCUT2D eigenvalue weighted by molar-refractivity contribution is 0.0992. The van der Waals surface area contributed by atoms with Crippen molar-refractivity contribution in [1.82, 2.24) is 0 Å². The van der Waals surface area contributed by atoms with Gasteiger partial charge in [-0.3, -0.25) is 4.79 Å². The minimum Gasteiger partial charge on any atom is -0.496 e. The summed E-state index contributed by atoms with van der Waals surface area (Å²) in [5, 5.41) is 0. The van der Waals surface area contributed by atoms with E-state index in [1.54, 1.807) is 13.2 Å². The minimum atomic E-state index is 0.156. The fourth-order valence-electron chi connectivity index (χ4n) is 1.99. The molecule has 0 heterocycles. The standard InChI is InChI=1S/C12H14O3/c1-3-15-10-6-7-11(14-2)12-8(10)4-5-9(12)13/h6-7H,3-5H2,1-2H3. The van der Waals surface area contributed by atoms with E-state index in [9.17, 15) is 4.79 Å². The van der Waals surface area contributed by atoms with Crippen molar-refractivity contribution in [3.8, 4) is 11.5 Å². The van der Waals surface area contributed by atoms with E-state index in [-0.39, 0.29) is 5.78 Å². The normalized spacial score (nSPS) is 13.9. The molecule has 3 heteroatoms. The van der Waals surface area contributed by atoms with E-state index in [0.29, 0.717) is 24.3 Å². The summed E-state index contributed by atoms with van der Waals surface area (Å²) < 4.78 is 10.7. The summed E-state index contributed by atoms with van der Waals surface area (Å²) in [6, 6.07) is 3.67. The molecule has 0 N–H and O–H groups in total. The van der Waals surface area contributed by atoms with Gasteiger partial charge in [0.1, 0.15) is 11.5 Å². The first-order valence-electron chi connectivity index (χ1n) is 5.13. The Hall–Kier alpha value is -1.51. The Morgan fingerprint density at radius 3 is 2.67 bits per heavy atom. The molecule has 0 saturated carbocycles. The maximum atomic E-state index is 11.7. The summed E-state index contributed by atoms with van der Waals surface area (Å²) in [5.41, 5.74) is 1.71. The van der Waals surface area contributed by atoms with Crippen LogP contribution in [0.1, 0.15) is 29.3 Å². The third-order valence-corrected chi connectivity index (χ3v) is 2.63. The van der Waals surface area contributed by atoms with E-state index in [2.05, 4.69) is 0 Å². The molecule has 15 heavy (non-hydrogen) atoms. The van der Waals surface area contributed by atoms with Gasteiger partial charge in [-0.2, -0.15) is 0 Å². The second-order valence-corrected chi connectivity index (χ2v) is 3.48. The van der Waals surface area contributed by atoms with Crippen molar-refractivity contribution in [1.29, 1.82) is 0 Å². The van der Waals surface area contributed by atoms with Gasteiger partial charge in [0.15, 0.2) is 5.78 Å². The zero-order chi connectivity index (χ0) is 10.8. The topological polar surface area (TPSA) is 35.5 Å². The first kappa shape index (κ1) is 10.0. The number of ether oxygens (including phenoxy) is 2. The molecular formula is C12H14O3. The van der Waals surface area contributed by atoms with Crippen molar-refractivity contribution in [3.05, 3.63) is 23.3 Å². The largest absolute Gasteiger partial charge is 0.496 e. The van der Waals surface area contributed by atoms with Gasteiger partial charge < -0.3 is 9.47 Å². The number of hydrogen-bond donors (Lipinski definition) is 0. The second-order valence-electron chi connectivity index (χ2n) is 3.48. The summed E-state index contributed by atoms with van der Waals surface area (Å²) >= 11 is 0. The predicted molar refractivity (Wildman–Crippen MR) is 56.8 cm³/mol. The van der Waals surface area contributed by atoms with Crippen molar-refractivity contribution >= 4 is 5.78 Å². The number of hydrogen-bond acceptors (Lipinski definition) is 3. The SMILES string of the molecule is CCOc1ccc(OC)c2c1CCC2=O. The highest BCUT2D eigenvalue weighted by Gasteiger charge is 2.26. The molecule has 80 valence electrons. The van der Waals surface area contributed by atoms with E-state index in [4.69, 9.17) is 9.47 Å². The maximum absolute atomic E-state index is 11.7. The lowest BCUT2D eigenvalue weighted by Crippen LogP contribution is -2.00. The van der Waals surface area contributed by atoms with Gasteiger partial charge in [0.2, 0.25) is 0 Å². The van der Waals surface area contributed by atoms with Gasteiger partial charge in [0.05, 0.1) is 19.3 Å². The Labute approximate surface area is 89.0 Å². The Kier molecular flexibility index (Phi) is 2.62. The van der Waals surface area contributed by atoms with Crippen LogP contribution in [0.4, 0.5) is 0 Å². The van der Waals surface area contributed by atoms with Crippen LogP contribution in [-0.2, 0) is 6.42 Å². The summed E-state index contributed by atoms with van der Waals surface area (Å²) in [4.78, 5) is 11.7. The minimum absolute atomic E-state index is 0.156. The van der Waals surface area contributed by atoms with Gasteiger partial charge in [0, 0.05) is 12.0 Å². The van der Waals surface area contributed by atoms with Crippen LogP contribution in [-0.4, -0.2) is 19.5 Å². The molecule has 1 aromatic rings. The van der Waals surface area contributed by atoms with Crippen LogP contribution in [0.3, 0.4) is 0 Å². The molecule has 0 fully saturated rings. The lowest BCUT2D eigenvalue weighted by Gasteiger charge is -2.11. The maximum Gasteiger partial charge on any atom is 0.167 e. The molecule has 1 aliphatic carbocycles. The number of carbonyl (C=O) groups is 1. The highest BCUT2D eigenvalue weighted by molar-refractivity contribution is 6.03. The van der Waals surface area contributed by atoms with Gasteiger partial charge in [-0.05, 0) is 25.5 Å². The lowest BCUT2D eigenvalue weighted by atomic mass is 10.1. The number of fused-ring (bicyclic) bond motifs is 1. The fraction of sp³-hybridized carbons (Fsp3) is 0.417. The van der Waals surface area contributed by atoms with Crippen LogP contribution in [0, 0.1) is 0 Å². The molecule has 0 spiro atoms. The molecule has 0 atom stereocenters. The molecule has 0 aliphatic heterocycles. The van der Waals surface area contributed by atoms with E-state index >= 15 is 0 Å². The average Bonchev–Trinajstić information content (AvgIpc) is 2.63. The van der Waals surface area contributed by atoms with Crippen LogP contribution < -0.4 is 9.47 Å². The van der Waals surface area contributed by atoms with Gasteiger partial charge in [0.25, 0.3) is 0 Å². The van der Waals surface area contributed by atoms with Gasteiger partial charge in [-0.25, -0.2) is 0 Å². The van der Waals surface area contributed by atoms with Crippen LogP contribution >= 0.6 is 0 Å². The fourth-order valence-corrected chi connectivity index (χ4v) is 1.99. The number of methoxy groups -OCH3 is 1. The zero-order valence-corrected chi connectivity index (χ0v) is 9.00. The highest BCUT2D eigenvalue weighted by Crippen LogP contribution is 2.36. The summed E-state index contributed by atoms with van der Waals surface area (Å²) in [6.45, 7) is 2.56. The van der Waals surface area contributed by atoms with Gasteiger partial charge in [-0.1, -0.05) is 0 Å². The number of Topliss-reactive ketones (excluding diaryl/α,β-unsaturated/α-hetero) is 1. The molecule has 0 aromatic heterocycles. The van der Waals surface area contributed by atoms with E-state index in [1.165, 1.54) is 0 Å². The summed E-state index contributed by atoms with van der Waals surface area (Å²) in [7, 11) is 1.58. The number of benzene rings is 1. The first-order chi connectivity index (χ1) is 7.27. The molecule has 0 amide bonds. The Bertz CT molecular complexity index is 396. The number of rotatable bonds is 3. The number of ketones is 1. The van der Waals surface area contributed by atoms with Gasteiger partial charge in [-0.15, -0.1) is 0 Å². The third kappa shape index (κ3) is 1.58. The summed E-state index contributed by atoms with van der Waals surface area (Å²) in [5.74, 6) is 1.64. The second kappa shape index (κ2) is 3.93. The molecule has 0 bridgehead atoms. The molecule has 0 radical (unpaired) electrons. The Balaban J connectivity index is 2.52. The monoisotopic (exact) mass is 206 g/mol. The Morgan fingerprint density at radius 1 is 1.27 bits per heavy atom. The molecule has 1 aliphatic rings. The molecule has 1 aromatic carbocycles. The number of carbonyl (C=O) groups excluding carboxylic acids is 1. The smallest absolute Gasteiger partial charge is 0.167 e. The van der Waals surface area contributed by atoms with E-state index in [0.717, 1.165) is 17.7 Å². The molecule has 0 saturated heterocycles. The van der Waals surface area contributed by atoms with Crippen LogP contribution in [0.2, 0.25) is 0 Å². The Morgan fingerprint density at radius 2 is 2.00 bits per heavy atom. The molecular weight excluding hydrogens is 192 g/mol. The molecule has 2 rings (SSSR count). The van der Waals surface area contributed by atoms with Crippen LogP contribution in [0.25, 0.3) is 0 Å². The van der Waals surface area contributed by atoms with Crippen LogP contribution in [0.15, 0.2) is 12.1 Å². The van der Waals surface area contributed by atoms with Crippen LogP contribution in [0.5, 0.6) is 11.5 Å². The molecule has 0 unspecified atom stereocenters. The average molecular weight is 206 g/mol. The van der Waals surface area contributed by atoms with Gasteiger partial charge >= 0.3 is 0 Å². The zero-order valence-electron chi connectivity index (χ0n) is 9.00. The highest BCUT2D eigenvalue weighted by atomic mass is 16.5. The predicted octanol–water partition coefficient (Wildman–Crippen LogP) is 2.22. The van der Waals surface area contributed by atoms with Crippen molar-refractivity contribution < 1.29 is 14.3 Å². The first-order valence-corrected chi connectivity index (χ1v) is 5.13. The summed E-state index contributed by atoms with van der Waals surface area (Å²) in [6.07, 6.45) is 1.33. The third-order valence-electron chi connectivity index (χ3n) is 2.63. The van der Waals surface area contributed by atoms with E-state index < -0.39 is 0 Å². The van der Waals surface area contributed by atoms with E-state index in [1.807, 2.05) is 13.0 Å². The molecule has 3 nitrogen and oxygen atoms in total. The van der Waals surface area contributed by atoms with Crippen molar-refractivity contribution in [2.24, 2.45) is 0 Å². The quantitative estimate of drug-likeness (QED) is 0.760. The van der Waals surface area contributed by atoms with Crippen molar-refractivity contribution in [2.45, 2.75) is 19.8 Å². The van der Waals surface area contributed by atoms with Crippen molar-refractivity contribution in [3.63, 3.8) is 0 Å².